The number of benzene rings is 1. The zero-order valence-corrected chi connectivity index (χ0v) is 12.6. The lowest BCUT2D eigenvalue weighted by molar-refractivity contribution is -0.145. The number of carbonyl (C=O) groups is 1. The monoisotopic (exact) mass is 288 g/mol. The van der Waals surface area contributed by atoms with Gasteiger partial charge in [0.05, 0.1) is 12.7 Å². The largest absolute Gasteiger partial charge is 0.496 e. The van der Waals surface area contributed by atoms with Crippen molar-refractivity contribution in [2.45, 2.75) is 39.2 Å². The second-order valence-corrected chi connectivity index (χ2v) is 5.78. The quantitative estimate of drug-likeness (QED) is 0.783. The van der Waals surface area contributed by atoms with Gasteiger partial charge in [-0.1, -0.05) is 13.8 Å². The van der Waals surface area contributed by atoms with Gasteiger partial charge >= 0.3 is 5.97 Å². The Morgan fingerprint density at radius 2 is 2.14 bits per heavy atom. The number of rotatable bonds is 2. The third kappa shape index (κ3) is 2.39. The molecule has 2 aliphatic rings. The molecule has 1 aliphatic carbocycles. The van der Waals surface area contributed by atoms with Crippen LogP contribution < -0.4 is 9.47 Å². The Balaban J connectivity index is 2.17. The summed E-state index contributed by atoms with van der Waals surface area (Å²) < 4.78 is 17.0. The van der Waals surface area contributed by atoms with Crippen LogP contribution in [0.5, 0.6) is 11.5 Å². The van der Waals surface area contributed by atoms with Crippen LogP contribution in [0.25, 0.3) is 5.76 Å². The van der Waals surface area contributed by atoms with Crippen LogP contribution in [0, 0.1) is 5.92 Å². The van der Waals surface area contributed by atoms with E-state index in [4.69, 9.17) is 14.2 Å². The van der Waals surface area contributed by atoms with E-state index >= 15 is 0 Å². The Morgan fingerprint density at radius 1 is 1.33 bits per heavy atom. The van der Waals surface area contributed by atoms with Crippen molar-refractivity contribution in [2.75, 3.05) is 7.11 Å². The minimum Gasteiger partial charge on any atom is -0.496 e. The first-order chi connectivity index (χ1) is 10.1. The van der Waals surface area contributed by atoms with Gasteiger partial charge in [-0.15, -0.1) is 0 Å². The molecule has 4 heteroatoms. The van der Waals surface area contributed by atoms with Crippen molar-refractivity contribution in [2.24, 2.45) is 5.92 Å². The Hall–Kier alpha value is -1.97. The zero-order valence-electron chi connectivity index (χ0n) is 12.6. The first-order valence-electron chi connectivity index (χ1n) is 7.40. The smallest absolute Gasteiger partial charge is 0.353 e. The molecule has 0 saturated carbocycles. The van der Waals surface area contributed by atoms with Crippen LogP contribution in [0.2, 0.25) is 0 Å². The summed E-state index contributed by atoms with van der Waals surface area (Å²) in [4.78, 5) is 12.3. The van der Waals surface area contributed by atoms with Crippen molar-refractivity contribution in [1.82, 2.24) is 0 Å². The maximum absolute atomic E-state index is 12.3. The van der Waals surface area contributed by atoms with E-state index in [-0.39, 0.29) is 11.9 Å². The summed E-state index contributed by atoms with van der Waals surface area (Å²) in [5.41, 5.74) is 1.94. The van der Waals surface area contributed by atoms with E-state index in [2.05, 4.69) is 0 Å². The fourth-order valence-corrected chi connectivity index (χ4v) is 2.88. The molecule has 0 bridgehead atoms. The summed E-state index contributed by atoms with van der Waals surface area (Å²) in [6, 6.07) is 3.78. The summed E-state index contributed by atoms with van der Waals surface area (Å²) in [6.45, 7) is 3.91. The highest BCUT2D eigenvalue weighted by Gasteiger charge is 2.34. The molecule has 1 aliphatic heterocycles. The first-order valence-corrected chi connectivity index (χ1v) is 7.40. The molecule has 1 aromatic rings. The standard InChI is InChI=1S/C17H20O4/c1-10(2)16-17(18)21-13-7-5-4-6-11-12(19-3)8-9-14(20-16)15(11)13/h7-10,16H,4-6H2,1-3H3. The van der Waals surface area contributed by atoms with Gasteiger partial charge in [-0.2, -0.15) is 0 Å². The molecule has 0 N–H and O–H groups in total. The topological polar surface area (TPSA) is 44.8 Å². The highest BCUT2D eigenvalue weighted by Crippen LogP contribution is 2.41. The Bertz CT molecular complexity index is 601. The average molecular weight is 288 g/mol. The third-order valence-electron chi connectivity index (χ3n) is 3.96. The van der Waals surface area contributed by atoms with Gasteiger partial charge in [-0.25, -0.2) is 4.79 Å². The van der Waals surface area contributed by atoms with Gasteiger partial charge < -0.3 is 14.2 Å². The number of hydrogen-bond acceptors (Lipinski definition) is 4. The lowest BCUT2D eigenvalue weighted by Crippen LogP contribution is -2.32. The minimum absolute atomic E-state index is 0.0539. The van der Waals surface area contributed by atoms with E-state index in [9.17, 15) is 4.79 Å². The van der Waals surface area contributed by atoms with E-state index < -0.39 is 6.10 Å². The van der Waals surface area contributed by atoms with E-state index in [1.165, 1.54) is 0 Å². The molecule has 0 saturated heterocycles. The number of methoxy groups -OCH3 is 1. The molecular formula is C17H20O4. The molecular weight excluding hydrogens is 268 g/mol. The molecule has 1 heterocycles. The number of hydrogen-bond donors (Lipinski definition) is 0. The molecule has 0 radical (unpaired) electrons. The normalized spacial score (nSPS) is 20.7. The van der Waals surface area contributed by atoms with Crippen LogP contribution in [0.3, 0.4) is 0 Å². The minimum atomic E-state index is -0.574. The molecule has 0 amide bonds. The Morgan fingerprint density at radius 3 is 2.86 bits per heavy atom. The van der Waals surface area contributed by atoms with Crippen LogP contribution in [-0.4, -0.2) is 19.2 Å². The summed E-state index contributed by atoms with van der Waals surface area (Å²) in [5, 5.41) is 0. The first kappa shape index (κ1) is 14.0. The van der Waals surface area contributed by atoms with Gasteiger partial charge in [0.1, 0.15) is 17.3 Å². The molecule has 1 unspecified atom stereocenters. The third-order valence-corrected chi connectivity index (χ3v) is 3.96. The summed E-state index contributed by atoms with van der Waals surface area (Å²) >= 11 is 0. The second kappa shape index (κ2) is 5.43. The van der Waals surface area contributed by atoms with Gasteiger partial charge in [0, 0.05) is 11.5 Å². The van der Waals surface area contributed by atoms with Crippen molar-refractivity contribution in [3.05, 3.63) is 29.3 Å². The molecule has 1 atom stereocenters. The van der Waals surface area contributed by atoms with E-state index in [0.717, 1.165) is 36.1 Å². The molecule has 0 aromatic heterocycles. The Labute approximate surface area is 124 Å². The average Bonchev–Trinajstić information content (AvgIpc) is 2.74. The van der Waals surface area contributed by atoms with Crippen LogP contribution in [-0.2, 0) is 16.0 Å². The highest BCUT2D eigenvalue weighted by atomic mass is 16.6. The number of allylic oxidation sites excluding steroid dienone is 1. The maximum atomic E-state index is 12.3. The Kier molecular flexibility index (Phi) is 3.62. The number of esters is 1. The van der Waals surface area contributed by atoms with Gasteiger partial charge in [0.25, 0.3) is 0 Å². The molecule has 4 nitrogen and oxygen atoms in total. The van der Waals surface area contributed by atoms with E-state index in [0.29, 0.717) is 11.5 Å². The predicted octanol–water partition coefficient (Wildman–Crippen LogP) is 3.33. The van der Waals surface area contributed by atoms with E-state index in [1.54, 1.807) is 7.11 Å². The summed E-state index contributed by atoms with van der Waals surface area (Å²) in [6.07, 6.45) is 4.18. The SMILES string of the molecule is COc1ccc2c3c1CCCC=C3OC(=O)C(C(C)C)O2. The van der Waals surface area contributed by atoms with Crippen molar-refractivity contribution in [3.63, 3.8) is 0 Å². The van der Waals surface area contributed by atoms with Crippen LogP contribution in [0.15, 0.2) is 18.2 Å². The summed E-state index contributed by atoms with van der Waals surface area (Å²) in [7, 11) is 1.66. The van der Waals surface area contributed by atoms with Gasteiger partial charge in [-0.3, -0.25) is 0 Å². The lowest BCUT2D eigenvalue weighted by Gasteiger charge is -2.19. The fourth-order valence-electron chi connectivity index (χ4n) is 2.88. The molecule has 0 fully saturated rings. The van der Waals surface area contributed by atoms with Gasteiger partial charge in [0.15, 0.2) is 6.10 Å². The highest BCUT2D eigenvalue weighted by molar-refractivity contribution is 5.86. The molecule has 0 spiro atoms. The van der Waals surface area contributed by atoms with Gasteiger partial charge in [0.2, 0.25) is 0 Å². The van der Waals surface area contributed by atoms with Crippen LogP contribution in [0.4, 0.5) is 0 Å². The van der Waals surface area contributed by atoms with Crippen molar-refractivity contribution in [1.29, 1.82) is 0 Å². The zero-order chi connectivity index (χ0) is 15.0. The van der Waals surface area contributed by atoms with Crippen LogP contribution >= 0.6 is 0 Å². The van der Waals surface area contributed by atoms with E-state index in [1.807, 2.05) is 32.1 Å². The lowest BCUT2D eigenvalue weighted by atomic mass is 10.0. The van der Waals surface area contributed by atoms with Crippen molar-refractivity contribution in [3.8, 4) is 11.5 Å². The summed E-state index contributed by atoms with van der Waals surface area (Å²) in [5.74, 6) is 1.88. The van der Waals surface area contributed by atoms with Crippen molar-refractivity contribution < 1.29 is 19.0 Å². The van der Waals surface area contributed by atoms with Gasteiger partial charge in [-0.05, 0) is 37.5 Å². The molecule has 3 rings (SSSR count). The predicted molar refractivity (Wildman–Crippen MR) is 79.3 cm³/mol. The fraction of sp³-hybridized carbons (Fsp3) is 0.471. The number of ether oxygens (including phenoxy) is 3. The second-order valence-electron chi connectivity index (χ2n) is 5.78. The maximum Gasteiger partial charge on any atom is 0.353 e. The van der Waals surface area contributed by atoms with Crippen molar-refractivity contribution >= 4 is 11.7 Å². The van der Waals surface area contributed by atoms with Crippen LogP contribution in [0.1, 0.15) is 37.8 Å². The number of carbonyl (C=O) groups excluding carboxylic acids is 1. The molecule has 21 heavy (non-hydrogen) atoms. The molecule has 1 aromatic carbocycles. The molecule has 112 valence electrons.